The highest BCUT2D eigenvalue weighted by atomic mass is 19.1. The molecule has 3 rings (SSSR count). The summed E-state index contributed by atoms with van der Waals surface area (Å²) < 4.78 is 15.6. The van der Waals surface area contributed by atoms with Crippen LogP contribution in [-0.4, -0.2) is 40.2 Å². The van der Waals surface area contributed by atoms with E-state index in [0.29, 0.717) is 18.0 Å². The average Bonchev–Trinajstić information content (AvgIpc) is 3.09. The first-order valence-corrected chi connectivity index (χ1v) is 8.96. The summed E-state index contributed by atoms with van der Waals surface area (Å²) in [6, 6.07) is 8.72. The van der Waals surface area contributed by atoms with Crippen LogP contribution in [0.25, 0.3) is 0 Å². The molecule has 0 radical (unpaired) electrons. The minimum atomic E-state index is -0.261. The lowest BCUT2D eigenvalue weighted by atomic mass is 10.1. The lowest BCUT2D eigenvalue weighted by Gasteiger charge is -2.31. The SMILES string of the molecule is CCN1CCC(n2nccc2NC(=O)CCc2ccccc2F)CC1. The van der Waals surface area contributed by atoms with Crippen LogP contribution in [0.3, 0.4) is 0 Å². The van der Waals surface area contributed by atoms with Crippen molar-refractivity contribution in [3.05, 3.63) is 47.9 Å². The van der Waals surface area contributed by atoms with Crippen LogP contribution in [0.15, 0.2) is 36.5 Å². The summed E-state index contributed by atoms with van der Waals surface area (Å²) in [5, 5.41) is 7.33. The van der Waals surface area contributed by atoms with Crippen molar-refractivity contribution in [3.63, 3.8) is 0 Å². The number of nitrogens with zero attached hydrogens (tertiary/aromatic N) is 3. The Balaban J connectivity index is 1.56. The number of likely N-dealkylation sites (tertiary alicyclic amines) is 1. The monoisotopic (exact) mass is 344 g/mol. The molecule has 25 heavy (non-hydrogen) atoms. The van der Waals surface area contributed by atoms with Crippen molar-refractivity contribution < 1.29 is 9.18 Å². The molecule has 1 saturated heterocycles. The molecule has 1 aliphatic rings. The number of benzene rings is 1. The van der Waals surface area contributed by atoms with Crippen molar-refractivity contribution in [2.75, 3.05) is 25.0 Å². The average molecular weight is 344 g/mol. The van der Waals surface area contributed by atoms with Gasteiger partial charge >= 0.3 is 0 Å². The number of hydrogen-bond donors (Lipinski definition) is 1. The highest BCUT2D eigenvalue weighted by molar-refractivity contribution is 5.89. The van der Waals surface area contributed by atoms with E-state index in [1.54, 1.807) is 24.4 Å². The predicted molar refractivity (Wildman–Crippen MR) is 96.0 cm³/mol. The summed E-state index contributed by atoms with van der Waals surface area (Å²) in [6.07, 6.45) is 4.43. The first-order chi connectivity index (χ1) is 12.2. The fraction of sp³-hybridized carbons (Fsp3) is 0.474. The quantitative estimate of drug-likeness (QED) is 0.875. The van der Waals surface area contributed by atoms with Gasteiger partial charge in [-0.15, -0.1) is 0 Å². The Bertz CT molecular complexity index is 707. The Morgan fingerprint density at radius 2 is 2.04 bits per heavy atom. The van der Waals surface area contributed by atoms with Crippen LogP contribution in [0.4, 0.5) is 10.2 Å². The number of aryl methyl sites for hydroxylation is 1. The first-order valence-electron chi connectivity index (χ1n) is 8.96. The molecule has 0 aliphatic carbocycles. The number of anilines is 1. The maximum Gasteiger partial charge on any atom is 0.225 e. The van der Waals surface area contributed by atoms with E-state index < -0.39 is 0 Å². The van der Waals surface area contributed by atoms with Gasteiger partial charge in [0.15, 0.2) is 0 Å². The molecule has 1 fully saturated rings. The third-order valence-corrected chi connectivity index (χ3v) is 4.87. The van der Waals surface area contributed by atoms with Crippen LogP contribution < -0.4 is 5.32 Å². The number of aromatic nitrogens is 2. The van der Waals surface area contributed by atoms with Crippen LogP contribution in [-0.2, 0) is 11.2 Å². The number of halogens is 1. The Hall–Kier alpha value is -2.21. The van der Waals surface area contributed by atoms with Gasteiger partial charge in [0, 0.05) is 25.6 Å². The van der Waals surface area contributed by atoms with Crippen LogP contribution >= 0.6 is 0 Å². The zero-order chi connectivity index (χ0) is 17.6. The fourth-order valence-corrected chi connectivity index (χ4v) is 3.34. The fourth-order valence-electron chi connectivity index (χ4n) is 3.34. The second-order valence-electron chi connectivity index (χ2n) is 6.47. The molecule has 0 bridgehead atoms. The number of hydrogen-bond acceptors (Lipinski definition) is 3. The molecule has 2 aromatic rings. The Morgan fingerprint density at radius 1 is 1.28 bits per heavy atom. The van der Waals surface area contributed by atoms with Crippen molar-refractivity contribution in [3.8, 4) is 0 Å². The van der Waals surface area contributed by atoms with Crippen LogP contribution in [0, 0.1) is 5.82 Å². The van der Waals surface area contributed by atoms with Gasteiger partial charge in [0.2, 0.25) is 5.91 Å². The molecule has 0 saturated carbocycles. The molecule has 134 valence electrons. The Morgan fingerprint density at radius 3 is 2.76 bits per heavy atom. The summed E-state index contributed by atoms with van der Waals surface area (Å²) in [4.78, 5) is 14.7. The van der Waals surface area contributed by atoms with E-state index in [9.17, 15) is 9.18 Å². The smallest absolute Gasteiger partial charge is 0.225 e. The maximum absolute atomic E-state index is 13.6. The highest BCUT2D eigenvalue weighted by Gasteiger charge is 2.22. The summed E-state index contributed by atoms with van der Waals surface area (Å²) in [6.45, 7) is 5.37. The van der Waals surface area contributed by atoms with Crippen molar-refractivity contribution >= 4 is 11.7 Å². The number of carbonyl (C=O) groups is 1. The molecule has 5 nitrogen and oxygen atoms in total. The van der Waals surface area contributed by atoms with Crippen LogP contribution in [0.5, 0.6) is 0 Å². The van der Waals surface area contributed by atoms with Gasteiger partial charge in [0.1, 0.15) is 11.6 Å². The molecule has 0 spiro atoms. The number of nitrogens with one attached hydrogen (secondary N) is 1. The third kappa shape index (κ3) is 4.45. The summed E-state index contributed by atoms with van der Waals surface area (Å²) >= 11 is 0. The van der Waals surface area contributed by atoms with E-state index in [2.05, 4.69) is 22.2 Å². The molecule has 1 N–H and O–H groups in total. The van der Waals surface area contributed by atoms with Crippen LogP contribution in [0.1, 0.15) is 37.8 Å². The first kappa shape index (κ1) is 17.6. The third-order valence-electron chi connectivity index (χ3n) is 4.87. The maximum atomic E-state index is 13.6. The summed E-state index contributed by atoms with van der Waals surface area (Å²) in [5.74, 6) is 0.354. The van der Waals surface area contributed by atoms with Gasteiger partial charge in [-0.05, 0) is 37.4 Å². The van der Waals surface area contributed by atoms with E-state index in [4.69, 9.17) is 0 Å². The van der Waals surface area contributed by atoms with Gasteiger partial charge in [0.05, 0.1) is 12.2 Å². The predicted octanol–water partition coefficient (Wildman–Crippen LogP) is 3.25. The molecule has 0 atom stereocenters. The summed E-state index contributed by atoms with van der Waals surface area (Å²) in [7, 11) is 0. The van der Waals surface area contributed by atoms with Gasteiger partial charge in [0.25, 0.3) is 0 Å². The molecule has 2 heterocycles. The molecule has 1 amide bonds. The second kappa shape index (κ2) is 8.25. The zero-order valence-electron chi connectivity index (χ0n) is 14.6. The topological polar surface area (TPSA) is 50.2 Å². The Labute approximate surface area is 147 Å². The minimum Gasteiger partial charge on any atom is -0.311 e. The number of carbonyl (C=O) groups excluding carboxylic acids is 1. The highest BCUT2D eigenvalue weighted by Crippen LogP contribution is 2.25. The molecule has 1 aliphatic heterocycles. The molecular weight excluding hydrogens is 319 g/mol. The Kier molecular flexibility index (Phi) is 5.81. The van der Waals surface area contributed by atoms with Crippen molar-refractivity contribution in [2.45, 2.75) is 38.6 Å². The van der Waals surface area contributed by atoms with Crippen LogP contribution in [0.2, 0.25) is 0 Å². The van der Waals surface area contributed by atoms with E-state index in [1.807, 2.05) is 10.7 Å². The zero-order valence-corrected chi connectivity index (χ0v) is 14.6. The normalized spacial score (nSPS) is 16.1. The number of rotatable bonds is 6. The molecule has 1 aromatic carbocycles. The standard InChI is InChI=1S/C19H25FN4O/c1-2-23-13-10-16(11-14-23)24-18(9-12-21-24)22-19(25)8-7-15-5-3-4-6-17(15)20/h3-6,9,12,16H,2,7-8,10-11,13-14H2,1H3,(H,22,25). The van der Waals surface area contributed by atoms with E-state index in [1.165, 1.54) is 6.07 Å². The molecular formula is C19H25FN4O. The van der Waals surface area contributed by atoms with Gasteiger partial charge in [-0.2, -0.15) is 5.10 Å². The van der Waals surface area contributed by atoms with Gasteiger partial charge < -0.3 is 10.2 Å². The second-order valence-corrected chi connectivity index (χ2v) is 6.47. The lowest BCUT2D eigenvalue weighted by molar-refractivity contribution is -0.116. The van der Waals surface area contributed by atoms with E-state index >= 15 is 0 Å². The molecule has 6 heteroatoms. The molecule has 1 aromatic heterocycles. The van der Waals surface area contributed by atoms with E-state index in [-0.39, 0.29) is 18.1 Å². The van der Waals surface area contributed by atoms with Crippen molar-refractivity contribution in [1.82, 2.24) is 14.7 Å². The van der Waals surface area contributed by atoms with Crippen molar-refractivity contribution in [1.29, 1.82) is 0 Å². The summed E-state index contributed by atoms with van der Waals surface area (Å²) in [5.41, 5.74) is 0.568. The number of piperidine rings is 1. The van der Waals surface area contributed by atoms with E-state index in [0.717, 1.165) is 38.3 Å². The van der Waals surface area contributed by atoms with Gasteiger partial charge in [-0.25, -0.2) is 9.07 Å². The number of amides is 1. The van der Waals surface area contributed by atoms with Gasteiger partial charge in [-0.3, -0.25) is 4.79 Å². The molecule has 0 unspecified atom stereocenters. The minimum absolute atomic E-state index is 0.115. The van der Waals surface area contributed by atoms with Gasteiger partial charge in [-0.1, -0.05) is 25.1 Å². The lowest BCUT2D eigenvalue weighted by Crippen LogP contribution is -2.35. The largest absolute Gasteiger partial charge is 0.311 e. The van der Waals surface area contributed by atoms with Crippen molar-refractivity contribution in [2.24, 2.45) is 0 Å².